The van der Waals surface area contributed by atoms with Crippen LogP contribution in [0.1, 0.15) is 48.3 Å². The van der Waals surface area contributed by atoms with Crippen molar-refractivity contribution in [3.05, 3.63) is 86.7 Å². The summed E-state index contributed by atoms with van der Waals surface area (Å²) in [5, 5.41) is 0.483. The van der Waals surface area contributed by atoms with Crippen LogP contribution in [-0.4, -0.2) is 17.1 Å². The molecule has 0 fully saturated rings. The van der Waals surface area contributed by atoms with Gasteiger partial charge in [0.25, 0.3) is 0 Å². The molecule has 2 heterocycles. The molecule has 1 unspecified atom stereocenters. The molecule has 0 spiro atoms. The third-order valence-corrected chi connectivity index (χ3v) is 6.10. The first-order chi connectivity index (χ1) is 15.4. The Morgan fingerprint density at radius 3 is 2.62 bits per heavy atom. The largest absolute Gasteiger partial charge is 0.487 e. The summed E-state index contributed by atoms with van der Waals surface area (Å²) in [6, 6.07) is 15.3. The zero-order chi connectivity index (χ0) is 22.8. The second-order valence-electron chi connectivity index (χ2n) is 8.29. The average Bonchev–Trinajstić information content (AvgIpc) is 2.77. The van der Waals surface area contributed by atoms with Crippen molar-refractivity contribution in [2.45, 2.75) is 39.8 Å². The highest BCUT2D eigenvalue weighted by atomic mass is 35.5. The topological polar surface area (TPSA) is 57.5 Å². The molecule has 4 rings (SSSR count). The molecule has 0 saturated carbocycles. The van der Waals surface area contributed by atoms with E-state index in [1.165, 1.54) is 6.07 Å². The van der Waals surface area contributed by atoms with E-state index in [-0.39, 0.29) is 29.6 Å². The maximum Gasteiger partial charge on any atom is 0.343 e. The molecule has 1 aliphatic heterocycles. The molecular formula is C26H26ClNO4. The Balaban J connectivity index is 1.75. The molecule has 6 heteroatoms. The van der Waals surface area contributed by atoms with Gasteiger partial charge < -0.3 is 14.0 Å². The van der Waals surface area contributed by atoms with E-state index in [9.17, 15) is 9.59 Å². The van der Waals surface area contributed by atoms with Crippen LogP contribution in [0, 0.1) is 5.92 Å². The third-order valence-electron chi connectivity index (χ3n) is 5.80. The van der Waals surface area contributed by atoms with Crippen LogP contribution in [0.3, 0.4) is 0 Å². The number of hydrogen-bond donors (Lipinski definition) is 0. The number of aromatic nitrogens is 1. The molecule has 166 valence electrons. The summed E-state index contributed by atoms with van der Waals surface area (Å²) in [6.45, 7) is 6.62. The van der Waals surface area contributed by atoms with Crippen molar-refractivity contribution in [3.63, 3.8) is 0 Å². The third kappa shape index (κ3) is 4.30. The van der Waals surface area contributed by atoms with E-state index in [4.69, 9.17) is 21.1 Å². The van der Waals surface area contributed by atoms with Crippen molar-refractivity contribution < 1.29 is 14.3 Å². The van der Waals surface area contributed by atoms with E-state index in [0.29, 0.717) is 17.4 Å². The van der Waals surface area contributed by atoms with Crippen molar-refractivity contribution >= 4 is 17.6 Å². The zero-order valence-electron chi connectivity index (χ0n) is 18.4. The molecule has 5 nitrogen and oxygen atoms in total. The number of fused-ring (bicyclic) bond motifs is 3. The van der Waals surface area contributed by atoms with Crippen molar-refractivity contribution in [1.29, 1.82) is 0 Å². The van der Waals surface area contributed by atoms with Gasteiger partial charge in [0, 0.05) is 23.9 Å². The van der Waals surface area contributed by atoms with E-state index < -0.39 is 5.97 Å². The zero-order valence-corrected chi connectivity index (χ0v) is 19.2. The minimum Gasteiger partial charge on any atom is -0.487 e. The molecule has 1 aromatic heterocycles. The first-order valence-electron chi connectivity index (χ1n) is 10.8. The summed E-state index contributed by atoms with van der Waals surface area (Å²) in [7, 11) is 0. The number of rotatable bonds is 6. The highest BCUT2D eigenvalue weighted by Gasteiger charge is 2.29. The second-order valence-corrected chi connectivity index (χ2v) is 8.70. The minimum absolute atomic E-state index is 0.0543. The van der Waals surface area contributed by atoms with Crippen LogP contribution in [0.15, 0.2) is 59.5 Å². The first kappa shape index (κ1) is 22.2. The normalized spacial score (nSPS) is 14.6. The SMILES string of the molecule is CCOC(=O)c1cn2c(cc1=O)-c1cc(Cl)c(OCc3ccccc3)cc1CC2C(C)C. The predicted molar refractivity (Wildman–Crippen MR) is 125 cm³/mol. The fraction of sp³-hybridized carbons (Fsp3) is 0.308. The Bertz CT molecular complexity index is 1200. The standard InChI is InChI=1S/C26H26ClNO4/c1-4-31-26(30)20-14-28-22(16(2)3)10-18-11-25(32-15-17-8-6-5-7-9-17)21(27)12-19(18)23(28)13-24(20)29/h5-9,11-14,16,22H,4,10,15H2,1-3H3. The van der Waals surface area contributed by atoms with E-state index in [0.717, 1.165) is 28.8 Å². The van der Waals surface area contributed by atoms with Crippen LogP contribution in [-0.2, 0) is 17.8 Å². The average molecular weight is 452 g/mol. The minimum atomic E-state index is -0.594. The Morgan fingerprint density at radius 2 is 1.94 bits per heavy atom. The van der Waals surface area contributed by atoms with Crippen LogP contribution < -0.4 is 10.2 Å². The van der Waals surface area contributed by atoms with Gasteiger partial charge in [0.15, 0.2) is 5.43 Å². The lowest BCUT2D eigenvalue weighted by atomic mass is 9.87. The van der Waals surface area contributed by atoms with Crippen LogP contribution in [0.2, 0.25) is 5.02 Å². The Hall–Kier alpha value is -3.05. The van der Waals surface area contributed by atoms with Gasteiger partial charge in [0.2, 0.25) is 0 Å². The summed E-state index contributed by atoms with van der Waals surface area (Å²) in [5.41, 5.74) is 3.46. The summed E-state index contributed by atoms with van der Waals surface area (Å²) < 4.78 is 13.1. The van der Waals surface area contributed by atoms with E-state index >= 15 is 0 Å². The smallest absolute Gasteiger partial charge is 0.343 e. The lowest BCUT2D eigenvalue weighted by Gasteiger charge is -2.33. The molecule has 2 aromatic carbocycles. The van der Waals surface area contributed by atoms with Gasteiger partial charge in [-0.1, -0.05) is 55.8 Å². The second kappa shape index (κ2) is 9.21. The number of pyridine rings is 1. The summed E-state index contributed by atoms with van der Waals surface area (Å²) in [6.07, 6.45) is 2.38. The van der Waals surface area contributed by atoms with Crippen LogP contribution >= 0.6 is 11.6 Å². The fourth-order valence-corrected chi connectivity index (χ4v) is 4.35. The van der Waals surface area contributed by atoms with Crippen LogP contribution in [0.25, 0.3) is 11.3 Å². The summed E-state index contributed by atoms with van der Waals surface area (Å²) in [5.74, 6) is 0.309. The van der Waals surface area contributed by atoms with Crippen molar-refractivity contribution in [3.8, 4) is 17.0 Å². The quantitative estimate of drug-likeness (QED) is 0.452. The first-order valence-corrected chi connectivity index (χ1v) is 11.2. The van der Waals surface area contributed by atoms with E-state index in [1.54, 1.807) is 13.1 Å². The van der Waals surface area contributed by atoms with Crippen LogP contribution in [0.4, 0.5) is 0 Å². The summed E-state index contributed by atoms with van der Waals surface area (Å²) in [4.78, 5) is 25.0. The number of nitrogens with zero attached hydrogens (tertiary/aromatic N) is 1. The highest BCUT2D eigenvalue weighted by molar-refractivity contribution is 6.32. The van der Waals surface area contributed by atoms with E-state index in [2.05, 4.69) is 13.8 Å². The van der Waals surface area contributed by atoms with Gasteiger partial charge in [-0.05, 0) is 42.5 Å². The molecule has 1 atom stereocenters. The maximum absolute atomic E-state index is 12.7. The number of esters is 1. The molecule has 0 radical (unpaired) electrons. The van der Waals surface area contributed by atoms with Gasteiger partial charge in [-0.2, -0.15) is 0 Å². The molecule has 3 aromatic rings. The molecule has 0 N–H and O–H groups in total. The maximum atomic E-state index is 12.7. The summed E-state index contributed by atoms with van der Waals surface area (Å²) >= 11 is 6.57. The Morgan fingerprint density at radius 1 is 1.19 bits per heavy atom. The lowest BCUT2D eigenvalue weighted by Crippen LogP contribution is -2.28. The molecule has 32 heavy (non-hydrogen) atoms. The van der Waals surface area contributed by atoms with Gasteiger partial charge in [0.05, 0.1) is 17.3 Å². The monoisotopic (exact) mass is 451 g/mol. The van der Waals surface area contributed by atoms with Crippen molar-refractivity contribution in [2.75, 3.05) is 6.61 Å². The predicted octanol–water partition coefficient (Wildman–Crippen LogP) is 5.68. The number of carbonyl (C=O) groups excluding carboxylic acids is 1. The van der Waals surface area contributed by atoms with E-state index in [1.807, 2.05) is 47.0 Å². The van der Waals surface area contributed by atoms with Gasteiger partial charge in [-0.25, -0.2) is 4.79 Å². The molecule has 0 bridgehead atoms. The fourth-order valence-electron chi connectivity index (χ4n) is 4.13. The highest BCUT2D eigenvalue weighted by Crippen LogP contribution is 2.41. The lowest BCUT2D eigenvalue weighted by molar-refractivity contribution is 0.0523. The Labute approximate surface area is 192 Å². The molecule has 0 amide bonds. The van der Waals surface area contributed by atoms with Crippen LogP contribution in [0.5, 0.6) is 5.75 Å². The van der Waals surface area contributed by atoms with Crippen molar-refractivity contribution in [1.82, 2.24) is 4.57 Å². The van der Waals surface area contributed by atoms with Crippen molar-refractivity contribution in [2.24, 2.45) is 5.92 Å². The molecule has 0 saturated heterocycles. The molecule has 0 aliphatic carbocycles. The molecule has 1 aliphatic rings. The number of benzene rings is 2. The number of ether oxygens (including phenoxy) is 2. The van der Waals surface area contributed by atoms with Gasteiger partial charge in [-0.15, -0.1) is 0 Å². The number of halogens is 1. The van der Waals surface area contributed by atoms with Gasteiger partial charge in [-0.3, -0.25) is 4.79 Å². The molecular weight excluding hydrogens is 426 g/mol. The number of hydrogen-bond acceptors (Lipinski definition) is 4. The van der Waals surface area contributed by atoms with Gasteiger partial charge >= 0.3 is 5.97 Å². The number of carbonyl (C=O) groups is 1. The van der Waals surface area contributed by atoms with Gasteiger partial charge in [0.1, 0.15) is 17.9 Å². The Kier molecular flexibility index (Phi) is 6.38.